The number of carbonyl (C=O) groups excluding carboxylic acids is 3. The fraction of sp³-hybridized carbons (Fsp3) is 0.742. The number of benzene rings is 2. The molecule has 612 valence electrons. The zero-order valence-corrected chi connectivity index (χ0v) is 71.3. The maximum atomic E-state index is 14.8. The molecule has 0 unspecified atom stereocenters. The number of hydrogen-bond acceptors (Lipinski definition) is 4. The lowest BCUT2D eigenvalue weighted by Gasteiger charge is -2.14. The summed E-state index contributed by atoms with van der Waals surface area (Å²) in [7, 11) is -3.26. The average molecular weight is 1500 g/mol. The number of amides is 2. The summed E-state index contributed by atoms with van der Waals surface area (Å²) in [6.45, 7) is 16.9. The monoisotopic (exact) mass is 1500 g/mol. The number of nitrogens with one attached hydrogen (secondary N) is 4. The van der Waals surface area contributed by atoms with E-state index in [-0.39, 0.29) is 40.3 Å². The lowest BCUT2D eigenvalue weighted by Crippen LogP contribution is -2.15. The van der Waals surface area contributed by atoms with Gasteiger partial charge in [0.2, 0.25) is 5.78 Å². The van der Waals surface area contributed by atoms with E-state index in [1.807, 2.05) is 39.8 Å². The van der Waals surface area contributed by atoms with Gasteiger partial charge in [0.15, 0.2) is 0 Å². The van der Waals surface area contributed by atoms with Crippen molar-refractivity contribution in [3.63, 3.8) is 0 Å². The molecule has 0 fully saturated rings. The van der Waals surface area contributed by atoms with Crippen LogP contribution in [0.2, 0.25) is 0 Å². The summed E-state index contributed by atoms with van der Waals surface area (Å²) in [4.78, 5) is 50.6. The second-order valence-corrected chi connectivity index (χ2v) is 32.6. The number of aromatic amines is 2. The summed E-state index contributed by atoms with van der Waals surface area (Å²) in [5.41, 5.74) is 10.3. The largest absolute Gasteiger partial charge is 0.796 e. The van der Waals surface area contributed by atoms with Gasteiger partial charge in [-0.1, -0.05) is 401 Å². The summed E-state index contributed by atoms with van der Waals surface area (Å²) in [6, 6.07) is 12.8. The van der Waals surface area contributed by atoms with Crippen LogP contribution in [0.25, 0.3) is 5.76 Å². The molecule has 0 aliphatic rings. The van der Waals surface area contributed by atoms with Gasteiger partial charge < -0.3 is 25.3 Å². The number of halogens is 2. The highest BCUT2D eigenvalue weighted by atomic mass is 19.2. The predicted octanol–water partition coefficient (Wildman–Crippen LogP) is 31.4. The van der Waals surface area contributed by atoms with Gasteiger partial charge in [-0.2, -0.15) is 0 Å². The molecular formula is C97H163BF2N4O4. The molecule has 0 aliphatic carbocycles. The molecule has 0 saturated carbocycles. The first kappa shape index (κ1) is 95.4. The third kappa shape index (κ3) is 41.0. The van der Waals surface area contributed by atoms with E-state index in [0.29, 0.717) is 53.6 Å². The highest BCUT2D eigenvalue weighted by Crippen LogP contribution is 2.33. The van der Waals surface area contributed by atoms with Crippen molar-refractivity contribution in [3.8, 4) is 0 Å². The van der Waals surface area contributed by atoms with Gasteiger partial charge in [0.25, 0.3) is 11.8 Å². The minimum Gasteiger partial charge on any atom is -0.503 e. The van der Waals surface area contributed by atoms with Crippen molar-refractivity contribution < 1.29 is 27.7 Å². The minimum absolute atomic E-state index is 0.160. The van der Waals surface area contributed by atoms with Crippen LogP contribution in [0.15, 0.2) is 42.5 Å². The van der Waals surface area contributed by atoms with Crippen LogP contribution in [0, 0.1) is 0 Å². The summed E-state index contributed by atoms with van der Waals surface area (Å²) >= 11 is 0. The van der Waals surface area contributed by atoms with Gasteiger partial charge in [-0.25, -0.2) is 8.63 Å². The Kier molecular flexibility index (Phi) is 56.2. The minimum atomic E-state index is -3.26. The first-order valence-corrected chi connectivity index (χ1v) is 46.5. The molecule has 108 heavy (non-hydrogen) atoms. The van der Waals surface area contributed by atoms with E-state index in [2.05, 4.69) is 72.6 Å². The standard InChI is InChI=1S/C97H163BF2N4O4/c1-9-17-21-25-29-33-37-41-45-49-53-57-61-65-69-80-73-75-84(77-82(80)71-67-63-59-55-51-47-43-39-35-31-27-23-19-11-3)101-96(106)94-88(15-7)86(13-5)92(103-94)90(105)79-91(108-98(99)100)93-87(14-6)89(16-8)95(104-93)97(107)102-85-76-74-81(70-66-62-58-54-50-46-42-38-34-30-26-22-18-10-2)83(78-85)72-68-64-60-56-52-48-44-40-36-32-28-24-20-12-4/h73-79,103-104H,9-72H2,1-8H3,(H,101,106)(H,102,107)/b91-79-. The maximum Gasteiger partial charge on any atom is 0.796 e. The third-order valence-corrected chi connectivity index (χ3v) is 23.4. The fourth-order valence-corrected chi connectivity index (χ4v) is 16.8. The molecule has 4 rings (SSSR count). The molecule has 8 nitrogen and oxygen atoms in total. The average Bonchev–Trinajstić information content (AvgIpc) is 1.63. The van der Waals surface area contributed by atoms with Crippen LogP contribution in [-0.2, 0) is 56.0 Å². The number of allylic oxidation sites excluding steroid dienone is 1. The van der Waals surface area contributed by atoms with Crippen molar-refractivity contribution >= 4 is 42.2 Å². The van der Waals surface area contributed by atoms with Crippen LogP contribution >= 0.6 is 0 Å². The number of hydrogen-bond donors (Lipinski definition) is 4. The molecule has 4 N–H and O–H groups in total. The van der Waals surface area contributed by atoms with Gasteiger partial charge in [-0.3, -0.25) is 14.4 Å². The van der Waals surface area contributed by atoms with Crippen LogP contribution in [-0.4, -0.2) is 35.0 Å². The van der Waals surface area contributed by atoms with E-state index < -0.39 is 13.3 Å². The summed E-state index contributed by atoms with van der Waals surface area (Å²) in [5, 5.41) is 6.43. The van der Waals surface area contributed by atoms with E-state index in [4.69, 9.17) is 4.65 Å². The zero-order chi connectivity index (χ0) is 77.7. The summed E-state index contributed by atoms with van der Waals surface area (Å²) in [6.07, 6.45) is 80.9. The van der Waals surface area contributed by atoms with Gasteiger partial charge in [0, 0.05) is 17.5 Å². The molecule has 11 heteroatoms. The summed E-state index contributed by atoms with van der Waals surface area (Å²) in [5.74, 6) is -1.68. The van der Waals surface area contributed by atoms with Crippen LogP contribution < -0.4 is 10.6 Å². The topological polar surface area (TPSA) is 116 Å². The number of unbranched alkanes of at least 4 members (excludes halogenated alkanes) is 52. The van der Waals surface area contributed by atoms with Crippen LogP contribution in [0.4, 0.5) is 20.0 Å². The van der Waals surface area contributed by atoms with E-state index in [9.17, 15) is 23.0 Å². The predicted molar refractivity (Wildman–Crippen MR) is 465 cm³/mol. The molecule has 0 atom stereocenters. The zero-order valence-electron chi connectivity index (χ0n) is 71.3. The van der Waals surface area contributed by atoms with E-state index in [1.165, 1.54) is 356 Å². The molecule has 0 saturated heterocycles. The maximum absolute atomic E-state index is 14.8. The molecular weight excluding hydrogens is 1330 g/mol. The van der Waals surface area contributed by atoms with Gasteiger partial charge in [0.05, 0.1) is 11.4 Å². The number of H-pyrrole nitrogens is 2. The highest BCUT2D eigenvalue weighted by Gasteiger charge is 2.30. The SMILES string of the molecule is CCCCCCCCCCCCCCCCc1ccc(NC(=O)c2[nH]c(C(=O)/C=C(\OB(F)F)c3[nH]c(C(=O)Nc4ccc(CCCCCCCCCCCCCCCC)c(CCCCCCCCCCCCCCCC)c4)c(CC)c3CC)c(CC)c2CC)cc1CCCCCCCCCCCCCCCC. The second kappa shape index (κ2) is 63.6. The molecule has 0 bridgehead atoms. The van der Waals surface area contributed by atoms with E-state index in [1.54, 1.807) is 0 Å². The van der Waals surface area contributed by atoms with Crippen LogP contribution in [0.5, 0.6) is 0 Å². The molecule has 2 aromatic heterocycles. The fourth-order valence-electron chi connectivity index (χ4n) is 16.8. The van der Waals surface area contributed by atoms with Crippen molar-refractivity contribution in [2.75, 3.05) is 10.6 Å². The first-order valence-electron chi connectivity index (χ1n) is 46.5. The van der Waals surface area contributed by atoms with Gasteiger partial charge in [-0.15, -0.1) is 0 Å². The van der Waals surface area contributed by atoms with Gasteiger partial charge in [0.1, 0.15) is 17.1 Å². The molecule has 2 heterocycles. The lowest BCUT2D eigenvalue weighted by molar-refractivity contribution is 0.101. The number of aryl methyl sites for hydroxylation is 4. The molecule has 0 radical (unpaired) electrons. The Balaban J connectivity index is 1.49. The number of aromatic nitrogens is 2. The van der Waals surface area contributed by atoms with Crippen molar-refractivity contribution in [2.45, 2.75) is 466 Å². The first-order chi connectivity index (χ1) is 53.0. The number of anilines is 2. The second-order valence-electron chi connectivity index (χ2n) is 32.6. The third-order valence-electron chi connectivity index (χ3n) is 23.4. The van der Waals surface area contributed by atoms with Crippen LogP contribution in [0.1, 0.15) is 497 Å². The van der Waals surface area contributed by atoms with Crippen molar-refractivity contribution in [2.24, 2.45) is 0 Å². The Morgan fingerprint density at radius 1 is 0.306 bits per heavy atom. The normalized spacial score (nSPS) is 11.7. The number of carbonyl (C=O) groups is 3. The van der Waals surface area contributed by atoms with Gasteiger partial charge >= 0.3 is 7.47 Å². The Morgan fingerprint density at radius 3 is 0.778 bits per heavy atom. The Morgan fingerprint density at radius 2 is 0.528 bits per heavy atom. The molecule has 2 amide bonds. The van der Waals surface area contributed by atoms with Crippen molar-refractivity contribution in [1.29, 1.82) is 0 Å². The number of rotatable bonds is 73. The Labute approximate surface area is 662 Å². The van der Waals surface area contributed by atoms with Crippen LogP contribution in [0.3, 0.4) is 0 Å². The Bertz CT molecular complexity index is 2960. The number of ketones is 1. The summed E-state index contributed by atoms with van der Waals surface area (Å²) < 4.78 is 34.8. The molecule has 4 aromatic rings. The van der Waals surface area contributed by atoms with Gasteiger partial charge in [-0.05, 0) is 146 Å². The lowest BCUT2D eigenvalue weighted by atomic mass is 9.95. The Hall–Kier alpha value is -4.93. The molecule has 0 aliphatic heterocycles. The molecule has 2 aromatic carbocycles. The smallest absolute Gasteiger partial charge is 0.503 e. The van der Waals surface area contributed by atoms with Crippen molar-refractivity contribution in [1.82, 2.24) is 9.97 Å². The van der Waals surface area contributed by atoms with E-state index in [0.717, 1.165) is 63.1 Å². The molecule has 0 spiro atoms. The quantitative estimate of drug-likeness (QED) is 0.0116. The van der Waals surface area contributed by atoms with E-state index >= 15 is 0 Å². The highest BCUT2D eigenvalue weighted by molar-refractivity contribution is 6.36. The van der Waals surface area contributed by atoms with Crippen molar-refractivity contribution in [3.05, 3.63) is 110 Å².